The molecule has 2 N–H and O–H groups in total. The number of carbonyl (C=O) groups is 4. The summed E-state index contributed by atoms with van der Waals surface area (Å²) in [4.78, 5) is 49.9. The lowest BCUT2D eigenvalue weighted by molar-refractivity contribution is -0.127. The van der Waals surface area contributed by atoms with Gasteiger partial charge in [-0.1, -0.05) is 30.3 Å². The Morgan fingerprint density at radius 3 is 2.11 bits per heavy atom. The number of ether oxygens (including phenoxy) is 1. The van der Waals surface area contributed by atoms with Crippen LogP contribution in [0.15, 0.2) is 54.6 Å². The van der Waals surface area contributed by atoms with Crippen molar-refractivity contribution in [2.45, 2.75) is 13.0 Å². The molecular formula is C20H21N3O5. The summed E-state index contributed by atoms with van der Waals surface area (Å²) in [7, 11) is 2.95. The first-order valence-corrected chi connectivity index (χ1v) is 8.50. The van der Waals surface area contributed by atoms with E-state index >= 15 is 0 Å². The van der Waals surface area contributed by atoms with Crippen molar-refractivity contribution in [3.8, 4) is 0 Å². The van der Waals surface area contributed by atoms with Gasteiger partial charge in [-0.2, -0.15) is 0 Å². The summed E-state index contributed by atoms with van der Waals surface area (Å²) in [6.07, 6.45) is -1.22. The van der Waals surface area contributed by atoms with Crippen LogP contribution >= 0.6 is 0 Å². The molecular weight excluding hydrogens is 362 g/mol. The second kappa shape index (κ2) is 9.31. The summed E-state index contributed by atoms with van der Waals surface area (Å²) in [6, 6.07) is 14.4. The van der Waals surface area contributed by atoms with Crippen molar-refractivity contribution in [1.82, 2.24) is 10.6 Å². The van der Waals surface area contributed by atoms with E-state index in [0.29, 0.717) is 5.69 Å². The van der Waals surface area contributed by atoms with Crippen molar-refractivity contribution >= 4 is 29.5 Å². The molecule has 2 aromatic rings. The summed E-state index contributed by atoms with van der Waals surface area (Å²) in [5.74, 6) is -2.02. The fourth-order valence-electron chi connectivity index (χ4n) is 2.35. The van der Waals surface area contributed by atoms with Gasteiger partial charge >= 0.3 is 12.0 Å². The summed E-state index contributed by atoms with van der Waals surface area (Å²) in [5, 5.41) is 4.25. The third-order valence-electron chi connectivity index (χ3n) is 3.94. The minimum Gasteiger partial charge on any atom is -0.449 e. The minimum atomic E-state index is -1.22. The summed E-state index contributed by atoms with van der Waals surface area (Å²) in [6.45, 7) is 1.33. The van der Waals surface area contributed by atoms with Crippen molar-refractivity contribution in [3.63, 3.8) is 0 Å². The Balaban J connectivity index is 2.19. The highest BCUT2D eigenvalue weighted by Crippen LogP contribution is 2.18. The van der Waals surface area contributed by atoms with E-state index in [4.69, 9.17) is 4.74 Å². The van der Waals surface area contributed by atoms with Crippen LogP contribution in [0.5, 0.6) is 0 Å². The highest BCUT2D eigenvalue weighted by Gasteiger charge is 2.25. The van der Waals surface area contributed by atoms with Gasteiger partial charge in [-0.15, -0.1) is 0 Å². The molecule has 0 saturated heterocycles. The number of nitrogens with one attached hydrogen (secondary N) is 2. The fraction of sp³-hybridized carbons (Fsp3) is 0.200. The van der Waals surface area contributed by atoms with Crippen molar-refractivity contribution in [1.29, 1.82) is 0 Å². The Labute approximate surface area is 162 Å². The van der Waals surface area contributed by atoms with E-state index < -0.39 is 29.9 Å². The lowest BCUT2D eigenvalue weighted by atomic mass is 10.1. The van der Waals surface area contributed by atoms with Crippen LogP contribution in [0, 0.1) is 0 Å². The number of anilines is 1. The van der Waals surface area contributed by atoms with Gasteiger partial charge in [0.25, 0.3) is 11.8 Å². The molecule has 4 amide bonds. The molecule has 8 nitrogen and oxygen atoms in total. The van der Waals surface area contributed by atoms with Crippen molar-refractivity contribution < 1.29 is 23.9 Å². The van der Waals surface area contributed by atoms with E-state index in [1.54, 1.807) is 43.4 Å². The maximum absolute atomic E-state index is 12.9. The second-order valence-electron chi connectivity index (χ2n) is 5.86. The standard InChI is InChI=1S/C20H21N3O5/c1-13(17(24)22-20(27)21-2)28-19(26)16-12-8-7-11-15(16)18(25)23(3)14-9-5-4-6-10-14/h4-13H,1-3H3,(H2,21,22,24,27)/t13-/m0/s1. The summed E-state index contributed by atoms with van der Waals surface area (Å²) >= 11 is 0. The molecule has 0 spiro atoms. The molecule has 0 saturated carbocycles. The first kappa shape index (κ1) is 20.6. The third kappa shape index (κ3) is 4.94. The molecule has 146 valence electrons. The number of carbonyl (C=O) groups excluding carboxylic acids is 4. The number of nitrogens with zero attached hydrogens (tertiary/aromatic N) is 1. The molecule has 2 aromatic carbocycles. The van der Waals surface area contributed by atoms with Gasteiger partial charge in [-0.3, -0.25) is 14.9 Å². The van der Waals surface area contributed by atoms with Crippen LogP contribution < -0.4 is 15.5 Å². The van der Waals surface area contributed by atoms with E-state index in [1.165, 1.54) is 31.0 Å². The zero-order chi connectivity index (χ0) is 20.7. The fourth-order valence-corrected chi connectivity index (χ4v) is 2.35. The Kier molecular flexibility index (Phi) is 6.86. The van der Waals surface area contributed by atoms with E-state index in [0.717, 1.165) is 0 Å². The molecule has 0 aliphatic rings. The molecule has 0 aromatic heterocycles. The number of urea groups is 1. The lowest BCUT2D eigenvalue weighted by Gasteiger charge is -2.19. The van der Waals surface area contributed by atoms with Gasteiger partial charge < -0.3 is 15.0 Å². The van der Waals surface area contributed by atoms with Crippen molar-refractivity contribution in [2.24, 2.45) is 0 Å². The van der Waals surface area contributed by atoms with Crippen molar-refractivity contribution in [3.05, 3.63) is 65.7 Å². The van der Waals surface area contributed by atoms with Crippen LogP contribution in [0.3, 0.4) is 0 Å². The number of rotatable bonds is 5. The van der Waals surface area contributed by atoms with Gasteiger partial charge in [0.2, 0.25) is 0 Å². The van der Waals surface area contributed by atoms with Crippen LogP contribution in [0.4, 0.5) is 10.5 Å². The summed E-state index contributed by atoms with van der Waals surface area (Å²) < 4.78 is 5.12. The zero-order valence-corrected chi connectivity index (χ0v) is 15.8. The zero-order valence-electron chi connectivity index (χ0n) is 15.8. The highest BCUT2D eigenvalue weighted by molar-refractivity contribution is 6.12. The first-order valence-electron chi connectivity index (χ1n) is 8.50. The molecule has 0 radical (unpaired) electrons. The third-order valence-corrected chi connectivity index (χ3v) is 3.94. The van der Waals surface area contributed by atoms with Gasteiger partial charge in [-0.25, -0.2) is 9.59 Å². The molecule has 1 atom stereocenters. The van der Waals surface area contributed by atoms with Gasteiger partial charge in [0.15, 0.2) is 6.10 Å². The SMILES string of the molecule is CNC(=O)NC(=O)[C@H](C)OC(=O)c1ccccc1C(=O)N(C)c1ccccc1. The molecule has 8 heteroatoms. The van der Waals surface area contributed by atoms with E-state index in [9.17, 15) is 19.2 Å². The van der Waals surface area contributed by atoms with Crippen LogP contribution in [0.2, 0.25) is 0 Å². The largest absolute Gasteiger partial charge is 0.449 e. The number of amides is 4. The number of hydrogen-bond acceptors (Lipinski definition) is 5. The smallest absolute Gasteiger partial charge is 0.339 e. The van der Waals surface area contributed by atoms with Crippen molar-refractivity contribution in [2.75, 3.05) is 19.0 Å². The average Bonchev–Trinajstić information content (AvgIpc) is 2.72. The molecule has 0 heterocycles. The number of benzene rings is 2. The summed E-state index contributed by atoms with van der Waals surface area (Å²) in [5.41, 5.74) is 0.821. The number of esters is 1. The monoisotopic (exact) mass is 383 g/mol. The molecule has 2 rings (SSSR count). The van der Waals surface area contributed by atoms with Gasteiger partial charge in [0.05, 0.1) is 11.1 Å². The molecule has 0 aliphatic carbocycles. The van der Waals surface area contributed by atoms with Gasteiger partial charge in [0.1, 0.15) is 0 Å². The number of imide groups is 1. The lowest BCUT2D eigenvalue weighted by Crippen LogP contribution is -2.43. The Hall–Kier alpha value is -3.68. The highest BCUT2D eigenvalue weighted by atomic mass is 16.5. The Morgan fingerprint density at radius 1 is 0.929 bits per heavy atom. The minimum absolute atomic E-state index is 0.0230. The molecule has 0 bridgehead atoms. The number of para-hydroxylation sites is 1. The van der Waals surface area contributed by atoms with E-state index in [-0.39, 0.29) is 11.1 Å². The maximum Gasteiger partial charge on any atom is 0.339 e. The van der Waals surface area contributed by atoms with Crippen LogP contribution in [0.25, 0.3) is 0 Å². The van der Waals surface area contributed by atoms with Crippen LogP contribution in [-0.2, 0) is 9.53 Å². The van der Waals surface area contributed by atoms with Crippen LogP contribution in [-0.4, -0.2) is 44.0 Å². The molecule has 0 aliphatic heterocycles. The van der Waals surface area contributed by atoms with Gasteiger partial charge in [-0.05, 0) is 31.2 Å². The Morgan fingerprint density at radius 2 is 1.50 bits per heavy atom. The normalized spacial score (nSPS) is 11.1. The molecule has 0 fully saturated rings. The van der Waals surface area contributed by atoms with E-state index in [1.807, 2.05) is 11.4 Å². The quantitative estimate of drug-likeness (QED) is 0.768. The second-order valence-corrected chi connectivity index (χ2v) is 5.86. The number of hydrogen-bond donors (Lipinski definition) is 2. The van der Waals surface area contributed by atoms with Gasteiger partial charge in [0, 0.05) is 19.8 Å². The average molecular weight is 383 g/mol. The molecule has 0 unspecified atom stereocenters. The Bertz CT molecular complexity index is 882. The van der Waals surface area contributed by atoms with Crippen LogP contribution in [0.1, 0.15) is 27.6 Å². The first-order chi connectivity index (χ1) is 13.3. The predicted molar refractivity (Wildman–Crippen MR) is 103 cm³/mol. The maximum atomic E-state index is 12.9. The topological polar surface area (TPSA) is 105 Å². The predicted octanol–water partition coefficient (Wildman–Crippen LogP) is 1.96. The molecule has 28 heavy (non-hydrogen) atoms. The van der Waals surface area contributed by atoms with E-state index in [2.05, 4.69) is 5.32 Å².